The van der Waals surface area contributed by atoms with Crippen LogP contribution in [-0.2, 0) is 0 Å². The van der Waals surface area contributed by atoms with Crippen molar-refractivity contribution in [1.82, 2.24) is 9.97 Å². The summed E-state index contributed by atoms with van der Waals surface area (Å²) in [5, 5.41) is 1.86. The van der Waals surface area contributed by atoms with Crippen LogP contribution in [0.15, 0.2) is 24.5 Å². The van der Waals surface area contributed by atoms with Crippen LogP contribution in [0.4, 0.5) is 5.00 Å². The van der Waals surface area contributed by atoms with Crippen LogP contribution in [0, 0.1) is 6.92 Å². The molecule has 0 radical (unpaired) electrons. The van der Waals surface area contributed by atoms with Crippen LogP contribution < -0.4 is 11.3 Å². The second kappa shape index (κ2) is 3.73. The zero-order valence-corrected chi connectivity index (χ0v) is 8.51. The standard InChI is InChI=1S/C9H10N4S/c1-6-8(13-10)14-9(12-6)7-2-4-11-5-3-7/h2-5,13H,10H2,1H3. The Bertz CT molecular complexity index is 424. The second-order valence-corrected chi connectivity index (χ2v) is 3.81. The molecule has 0 fully saturated rings. The third-order valence-electron chi connectivity index (χ3n) is 1.85. The average Bonchev–Trinajstić information content (AvgIpc) is 2.61. The number of hydrogen-bond donors (Lipinski definition) is 2. The normalized spacial score (nSPS) is 10.1. The summed E-state index contributed by atoms with van der Waals surface area (Å²) in [5.74, 6) is 5.35. The molecule has 0 bridgehead atoms. The van der Waals surface area contributed by atoms with E-state index in [1.165, 1.54) is 11.3 Å². The molecule has 4 nitrogen and oxygen atoms in total. The highest BCUT2D eigenvalue weighted by Gasteiger charge is 2.07. The molecular formula is C9H10N4S. The van der Waals surface area contributed by atoms with E-state index in [2.05, 4.69) is 15.4 Å². The van der Waals surface area contributed by atoms with Gasteiger partial charge < -0.3 is 5.43 Å². The number of nitrogens with two attached hydrogens (primary N) is 1. The Morgan fingerprint density at radius 1 is 1.36 bits per heavy atom. The summed E-state index contributed by atoms with van der Waals surface area (Å²) in [6.45, 7) is 1.93. The Kier molecular flexibility index (Phi) is 2.43. The Balaban J connectivity index is 2.43. The Labute approximate surface area is 85.8 Å². The number of rotatable bonds is 2. The number of nitrogens with zero attached hydrogens (tertiary/aromatic N) is 2. The van der Waals surface area contributed by atoms with Gasteiger partial charge in [0.2, 0.25) is 0 Å². The fraction of sp³-hybridized carbons (Fsp3) is 0.111. The van der Waals surface area contributed by atoms with Crippen LogP contribution in [-0.4, -0.2) is 9.97 Å². The smallest absolute Gasteiger partial charge is 0.126 e. The van der Waals surface area contributed by atoms with Gasteiger partial charge in [-0.25, -0.2) is 10.8 Å². The molecular weight excluding hydrogens is 196 g/mol. The first-order valence-corrected chi connectivity index (χ1v) is 4.97. The van der Waals surface area contributed by atoms with Gasteiger partial charge in [0.1, 0.15) is 10.0 Å². The number of aromatic nitrogens is 2. The molecule has 0 aliphatic rings. The van der Waals surface area contributed by atoms with Crippen molar-refractivity contribution >= 4 is 16.3 Å². The van der Waals surface area contributed by atoms with Crippen molar-refractivity contribution in [2.75, 3.05) is 5.43 Å². The zero-order valence-electron chi connectivity index (χ0n) is 7.69. The monoisotopic (exact) mass is 206 g/mol. The van der Waals surface area contributed by atoms with E-state index < -0.39 is 0 Å². The minimum Gasteiger partial charge on any atom is -0.314 e. The zero-order chi connectivity index (χ0) is 9.97. The molecule has 2 rings (SSSR count). The van der Waals surface area contributed by atoms with Crippen LogP contribution in [0.1, 0.15) is 5.69 Å². The van der Waals surface area contributed by atoms with E-state index in [-0.39, 0.29) is 0 Å². The molecule has 3 N–H and O–H groups in total. The highest BCUT2D eigenvalue weighted by atomic mass is 32.1. The van der Waals surface area contributed by atoms with E-state index >= 15 is 0 Å². The fourth-order valence-electron chi connectivity index (χ4n) is 1.15. The molecule has 2 aromatic heterocycles. The highest BCUT2D eigenvalue weighted by molar-refractivity contribution is 7.19. The van der Waals surface area contributed by atoms with Crippen LogP contribution in [0.3, 0.4) is 0 Å². The van der Waals surface area contributed by atoms with Gasteiger partial charge >= 0.3 is 0 Å². The summed E-state index contributed by atoms with van der Waals surface area (Å²) < 4.78 is 0. The van der Waals surface area contributed by atoms with Crippen molar-refractivity contribution in [1.29, 1.82) is 0 Å². The van der Waals surface area contributed by atoms with Gasteiger partial charge in [0, 0.05) is 18.0 Å². The third-order valence-corrected chi connectivity index (χ3v) is 2.99. The lowest BCUT2D eigenvalue weighted by atomic mass is 10.3. The molecule has 0 aromatic carbocycles. The Morgan fingerprint density at radius 3 is 2.64 bits per heavy atom. The summed E-state index contributed by atoms with van der Waals surface area (Å²) in [5.41, 5.74) is 4.61. The van der Waals surface area contributed by atoms with Gasteiger partial charge in [-0.1, -0.05) is 11.3 Å². The molecule has 5 heteroatoms. The molecule has 0 spiro atoms. The van der Waals surface area contributed by atoms with Gasteiger partial charge in [0.15, 0.2) is 0 Å². The average molecular weight is 206 g/mol. The third kappa shape index (κ3) is 1.59. The minimum atomic E-state index is 0.900. The molecule has 72 valence electrons. The molecule has 0 atom stereocenters. The maximum absolute atomic E-state index is 5.35. The summed E-state index contributed by atoms with van der Waals surface area (Å²) in [6.07, 6.45) is 3.50. The molecule has 2 aromatic rings. The maximum atomic E-state index is 5.35. The number of thiazole rings is 1. The molecule has 0 saturated heterocycles. The van der Waals surface area contributed by atoms with Gasteiger partial charge in [-0.15, -0.1) is 0 Å². The lowest BCUT2D eigenvalue weighted by molar-refractivity contribution is 1.23. The van der Waals surface area contributed by atoms with E-state index in [4.69, 9.17) is 5.84 Å². The van der Waals surface area contributed by atoms with Crippen molar-refractivity contribution in [2.45, 2.75) is 6.92 Å². The fourth-order valence-corrected chi connectivity index (χ4v) is 2.03. The second-order valence-electron chi connectivity index (χ2n) is 2.81. The number of hydrazine groups is 1. The lowest BCUT2D eigenvalue weighted by Crippen LogP contribution is -2.05. The maximum Gasteiger partial charge on any atom is 0.126 e. The van der Waals surface area contributed by atoms with Crippen molar-refractivity contribution < 1.29 is 0 Å². The largest absolute Gasteiger partial charge is 0.314 e. The number of hydrogen-bond acceptors (Lipinski definition) is 5. The molecule has 0 amide bonds. The van der Waals surface area contributed by atoms with Crippen molar-refractivity contribution in [3.05, 3.63) is 30.2 Å². The van der Waals surface area contributed by atoms with Crippen molar-refractivity contribution in [3.63, 3.8) is 0 Å². The van der Waals surface area contributed by atoms with Gasteiger partial charge in [-0.3, -0.25) is 4.98 Å². The van der Waals surface area contributed by atoms with Gasteiger partial charge in [-0.2, -0.15) is 0 Å². The first kappa shape index (κ1) is 9.11. The topological polar surface area (TPSA) is 63.8 Å². The Morgan fingerprint density at radius 2 is 2.07 bits per heavy atom. The number of aryl methyl sites for hydroxylation is 1. The number of anilines is 1. The van der Waals surface area contributed by atoms with Crippen LogP contribution >= 0.6 is 11.3 Å². The predicted octanol–water partition coefficient (Wildman–Crippen LogP) is 1.80. The summed E-state index contributed by atoms with van der Waals surface area (Å²) in [4.78, 5) is 8.36. The van der Waals surface area contributed by atoms with Gasteiger partial charge in [0.25, 0.3) is 0 Å². The van der Waals surface area contributed by atoms with Crippen LogP contribution in [0.5, 0.6) is 0 Å². The minimum absolute atomic E-state index is 0.900. The van der Waals surface area contributed by atoms with Gasteiger partial charge in [0.05, 0.1) is 5.69 Å². The highest BCUT2D eigenvalue weighted by Crippen LogP contribution is 2.30. The van der Waals surface area contributed by atoms with E-state index in [1.807, 2.05) is 19.1 Å². The molecule has 0 unspecified atom stereocenters. The quantitative estimate of drug-likeness (QED) is 0.581. The summed E-state index contributed by atoms with van der Waals surface area (Å²) in [7, 11) is 0. The SMILES string of the molecule is Cc1nc(-c2ccncc2)sc1NN. The van der Waals surface area contributed by atoms with Gasteiger partial charge in [-0.05, 0) is 19.1 Å². The Hall–Kier alpha value is -1.46. The molecule has 0 aliphatic carbocycles. The number of nitrogen functional groups attached to an aromatic ring is 1. The number of nitrogens with one attached hydrogen (secondary N) is 1. The van der Waals surface area contributed by atoms with Crippen molar-refractivity contribution in [3.8, 4) is 10.6 Å². The van der Waals surface area contributed by atoms with Crippen molar-refractivity contribution in [2.24, 2.45) is 5.84 Å². The molecule has 0 aliphatic heterocycles. The summed E-state index contributed by atoms with van der Waals surface area (Å²) in [6, 6.07) is 3.86. The van der Waals surface area contributed by atoms with Crippen LogP contribution in [0.2, 0.25) is 0 Å². The predicted molar refractivity (Wildman–Crippen MR) is 57.9 cm³/mol. The lowest BCUT2D eigenvalue weighted by Gasteiger charge is -1.92. The molecule has 14 heavy (non-hydrogen) atoms. The molecule has 0 saturated carbocycles. The molecule has 2 heterocycles. The first-order chi connectivity index (χ1) is 6.81. The number of pyridine rings is 1. The van der Waals surface area contributed by atoms with E-state index in [0.29, 0.717) is 0 Å². The van der Waals surface area contributed by atoms with E-state index in [9.17, 15) is 0 Å². The first-order valence-electron chi connectivity index (χ1n) is 4.15. The van der Waals surface area contributed by atoms with E-state index in [0.717, 1.165) is 21.3 Å². The van der Waals surface area contributed by atoms with E-state index in [1.54, 1.807) is 12.4 Å². The van der Waals surface area contributed by atoms with Crippen LogP contribution in [0.25, 0.3) is 10.6 Å². The summed E-state index contributed by atoms with van der Waals surface area (Å²) >= 11 is 1.54.